The van der Waals surface area contributed by atoms with Crippen LogP contribution in [0, 0.1) is 11.6 Å². The highest BCUT2D eigenvalue weighted by molar-refractivity contribution is 6.13. The lowest BCUT2D eigenvalue weighted by atomic mass is 10.0. The first-order valence-corrected chi connectivity index (χ1v) is 20.0. The summed E-state index contributed by atoms with van der Waals surface area (Å²) >= 11 is 0. The van der Waals surface area contributed by atoms with Gasteiger partial charge in [-0.2, -0.15) is 9.97 Å². The molecule has 2 aliphatic heterocycles. The third kappa shape index (κ3) is 15.3. The summed E-state index contributed by atoms with van der Waals surface area (Å²) in [6.07, 6.45) is 6.12. The molecule has 0 saturated carbocycles. The number of halogens is 2. The third-order valence-corrected chi connectivity index (χ3v) is 9.69. The quantitative estimate of drug-likeness (QED) is 0.0993. The van der Waals surface area contributed by atoms with Gasteiger partial charge >= 0.3 is 5.97 Å². The highest BCUT2D eigenvalue weighted by atomic mass is 19.1. The SMILES string of the molecule is C.CN(C)CC(=O)O.COc1ccc(F)cc1C(=O)c1cnc(NC2CCN(C(=O)CN(C)C)CC2)nc1N.COc1ccc(F)cc1C(=O)c1cnc(NC2CCNCC2)nc1N. The number of hydrogen-bond donors (Lipinski definition) is 6. The largest absolute Gasteiger partial charge is 0.496 e. The maximum atomic E-state index is 13.6. The van der Waals surface area contributed by atoms with Crippen LogP contribution in [0.3, 0.4) is 0 Å². The molecule has 6 rings (SSSR count). The number of carbonyl (C=O) groups excluding carboxylic acids is 3. The number of hydrogen-bond acceptors (Lipinski definition) is 17. The van der Waals surface area contributed by atoms with Crippen molar-refractivity contribution in [3.05, 3.63) is 82.7 Å². The second-order valence-corrected chi connectivity index (χ2v) is 15.2. The number of amides is 1. The highest BCUT2D eigenvalue weighted by Crippen LogP contribution is 2.27. The Kier molecular flexibility index (Phi) is 20.1. The average molecular weight is 895 g/mol. The predicted molar refractivity (Wildman–Crippen MR) is 240 cm³/mol. The lowest BCUT2D eigenvalue weighted by Crippen LogP contribution is -2.45. The van der Waals surface area contributed by atoms with E-state index in [0.717, 1.165) is 50.9 Å². The molecule has 0 radical (unpaired) electrons. The fraction of sp³-hybridized carbons (Fsp3) is 0.442. The Bertz CT molecular complexity index is 2200. The van der Waals surface area contributed by atoms with Crippen LogP contribution in [0.4, 0.5) is 32.3 Å². The normalized spacial score (nSPS) is 13.9. The van der Waals surface area contributed by atoms with Crippen molar-refractivity contribution in [2.75, 3.05) is 104 Å². The van der Waals surface area contributed by atoms with Gasteiger partial charge < -0.3 is 51.8 Å². The fourth-order valence-electron chi connectivity index (χ4n) is 6.53. The number of benzene rings is 2. The van der Waals surface area contributed by atoms with Crippen molar-refractivity contribution in [1.29, 1.82) is 0 Å². The van der Waals surface area contributed by atoms with Gasteiger partial charge in [0.2, 0.25) is 29.4 Å². The van der Waals surface area contributed by atoms with Crippen molar-refractivity contribution in [3.63, 3.8) is 0 Å². The Morgan fingerprint density at radius 1 is 0.734 bits per heavy atom. The summed E-state index contributed by atoms with van der Waals surface area (Å²) < 4.78 is 37.4. The Labute approximate surface area is 371 Å². The van der Waals surface area contributed by atoms with Crippen LogP contribution in [0.2, 0.25) is 0 Å². The molecule has 21 heteroatoms. The molecule has 19 nitrogen and oxygen atoms in total. The standard InChI is InChI=1S/C21H27FN6O3.C17H20FN5O2.C4H9NO2.CH4/c1-27(2)12-18(29)28-8-6-14(7-9-28)25-21-24-11-16(20(23)26-21)19(30)15-10-13(22)4-5-17(15)31-3;1-25-14-3-2-10(18)8-12(14)15(24)13-9-21-17(23-16(13)19)22-11-4-6-20-7-5-11;1-5(2)3-4(6)7;/h4-5,10-11,14H,6-9,12H2,1-3H3,(H3,23,24,25,26);2-3,8-9,11,20H,4-7H2,1H3,(H3,19,21,22,23);3H2,1-2H3,(H,6,7);1H4. The minimum atomic E-state index is -0.787. The number of nitrogen functional groups attached to an aromatic ring is 2. The molecule has 4 heterocycles. The van der Waals surface area contributed by atoms with E-state index in [2.05, 4.69) is 35.9 Å². The van der Waals surface area contributed by atoms with Crippen molar-refractivity contribution in [2.45, 2.75) is 45.2 Å². The van der Waals surface area contributed by atoms with Gasteiger partial charge in [-0.1, -0.05) is 7.43 Å². The minimum absolute atomic E-state index is 0. The monoisotopic (exact) mass is 894 g/mol. The molecule has 2 fully saturated rings. The van der Waals surface area contributed by atoms with Gasteiger partial charge in [0.1, 0.15) is 34.8 Å². The van der Waals surface area contributed by atoms with Gasteiger partial charge in [-0.3, -0.25) is 24.1 Å². The lowest BCUT2D eigenvalue weighted by molar-refractivity contribution is -0.137. The number of aliphatic carboxylic acids is 1. The van der Waals surface area contributed by atoms with Crippen LogP contribution in [-0.2, 0) is 9.59 Å². The van der Waals surface area contributed by atoms with Crippen LogP contribution < -0.4 is 36.9 Å². The van der Waals surface area contributed by atoms with Gasteiger partial charge in [-0.05, 0) is 103 Å². The highest BCUT2D eigenvalue weighted by Gasteiger charge is 2.25. The number of nitrogens with two attached hydrogens (primary N) is 2. The number of ketones is 2. The minimum Gasteiger partial charge on any atom is -0.496 e. The molecular weight excluding hydrogens is 835 g/mol. The smallest absolute Gasteiger partial charge is 0.317 e. The Morgan fingerprint density at radius 2 is 1.16 bits per heavy atom. The summed E-state index contributed by atoms with van der Waals surface area (Å²) in [6, 6.07) is 7.78. The number of likely N-dealkylation sites (tertiary alicyclic amines) is 1. The summed E-state index contributed by atoms with van der Waals surface area (Å²) in [5.74, 6) is -1.54. The first-order chi connectivity index (χ1) is 30.0. The molecule has 2 aromatic heterocycles. The van der Waals surface area contributed by atoms with Crippen LogP contribution in [0.1, 0.15) is 65.0 Å². The maximum absolute atomic E-state index is 13.6. The Morgan fingerprint density at radius 3 is 1.52 bits per heavy atom. The number of methoxy groups -OCH3 is 2. The van der Waals surface area contributed by atoms with Gasteiger partial charge in [0.25, 0.3) is 0 Å². The molecule has 2 aromatic carbocycles. The van der Waals surface area contributed by atoms with E-state index in [1.165, 1.54) is 50.9 Å². The number of anilines is 4. The van der Waals surface area contributed by atoms with Crippen molar-refractivity contribution in [3.8, 4) is 11.5 Å². The van der Waals surface area contributed by atoms with Gasteiger partial charge in [0.05, 0.1) is 49.6 Å². The number of aromatic nitrogens is 4. The summed E-state index contributed by atoms with van der Waals surface area (Å²) in [5.41, 5.74) is 12.2. The number of carbonyl (C=O) groups is 4. The molecule has 1 amide bonds. The van der Waals surface area contributed by atoms with E-state index >= 15 is 0 Å². The van der Waals surface area contributed by atoms with E-state index in [1.807, 2.05) is 23.9 Å². The first-order valence-electron chi connectivity index (χ1n) is 20.0. The predicted octanol–water partition coefficient (Wildman–Crippen LogP) is 3.27. The second kappa shape index (κ2) is 24.9. The zero-order valence-electron chi connectivity index (χ0n) is 36.3. The zero-order chi connectivity index (χ0) is 46.2. The number of piperidine rings is 2. The summed E-state index contributed by atoms with van der Waals surface area (Å²) in [4.78, 5) is 69.5. The van der Waals surface area contributed by atoms with E-state index in [9.17, 15) is 28.0 Å². The number of nitrogens with zero attached hydrogens (tertiary/aromatic N) is 7. The number of ether oxygens (including phenoxy) is 2. The molecule has 2 saturated heterocycles. The van der Waals surface area contributed by atoms with Crippen LogP contribution in [-0.4, -0.2) is 157 Å². The van der Waals surface area contributed by atoms with Crippen molar-refractivity contribution < 1.29 is 42.5 Å². The lowest BCUT2D eigenvalue weighted by Gasteiger charge is -2.33. The molecule has 0 unspecified atom stereocenters. The van der Waals surface area contributed by atoms with Gasteiger partial charge in [-0.25, -0.2) is 18.7 Å². The third-order valence-electron chi connectivity index (χ3n) is 9.69. The first kappa shape index (κ1) is 51.8. The Balaban J connectivity index is 0.000000297. The second-order valence-electron chi connectivity index (χ2n) is 15.2. The van der Waals surface area contributed by atoms with Gasteiger partial charge in [0, 0.05) is 37.6 Å². The molecule has 0 spiro atoms. The molecule has 0 bridgehead atoms. The molecular formula is C43H60F2N12O7. The van der Waals surface area contributed by atoms with Crippen molar-refractivity contribution in [1.82, 2.24) is 40.0 Å². The van der Waals surface area contributed by atoms with Crippen molar-refractivity contribution in [2.24, 2.45) is 0 Å². The number of carboxylic acids is 1. The average Bonchev–Trinajstić information content (AvgIpc) is 3.23. The number of rotatable bonds is 14. The molecule has 4 aromatic rings. The summed E-state index contributed by atoms with van der Waals surface area (Å²) in [5, 5.41) is 17.8. The molecule has 0 aliphatic carbocycles. The van der Waals surface area contributed by atoms with E-state index in [1.54, 1.807) is 19.0 Å². The summed E-state index contributed by atoms with van der Waals surface area (Å²) in [7, 11) is 9.98. The van der Waals surface area contributed by atoms with Crippen molar-refractivity contribution >= 4 is 47.0 Å². The Hall–Kier alpha value is -6.58. The topological polar surface area (TPSA) is 256 Å². The van der Waals surface area contributed by atoms with Gasteiger partial charge in [0.15, 0.2) is 0 Å². The number of carboxylic acid groups (broad SMARTS) is 1. The van der Waals surface area contributed by atoms with Crippen LogP contribution in [0.25, 0.3) is 0 Å². The van der Waals surface area contributed by atoms with E-state index in [-0.39, 0.29) is 77.4 Å². The van der Waals surface area contributed by atoms with E-state index in [0.29, 0.717) is 31.5 Å². The molecule has 2 aliphatic rings. The van der Waals surface area contributed by atoms with Crippen LogP contribution >= 0.6 is 0 Å². The molecule has 64 heavy (non-hydrogen) atoms. The fourth-order valence-corrected chi connectivity index (χ4v) is 6.53. The van der Waals surface area contributed by atoms with Crippen LogP contribution in [0.15, 0.2) is 48.8 Å². The van der Waals surface area contributed by atoms with Crippen LogP contribution in [0.5, 0.6) is 11.5 Å². The van der Waals surface area contributed by atoms with E-state index in [4.69, 9.17) is 26.0 Å². The van der Waals surface area contributed by atoms with Gasteiger partial charge in [-0.15, -0.1) is 0 Å². The number of likely N-dealkylation sites (N-methyl/N-ethyl adjacent to an activating group) is 2. The number of nitrogens with one attached hydrogen (secondary N) is 3. The molecule has 348 valence electrons. The summed E-state index contributed by atoms with van der Waals surface area (Å²) in [6.45, 7) is 3.67. The molecule has 8 N–H and O–H groups in total. The van der Waals surface area contributed by atoms with E-state index < -0.39 is 29.2 Å². The zero-order valence-corrected chi connectivity index (χ0v) is 36.3. The molecule has 0 atom stereocenters. The maximum Gasteiger partial charge on any atom is 0.317 e.